The maximum absolute atomic E-state index is 12.7. The number of sulfone groups is 1. The van der Waals surface area contributed by atoms with E-state index in [0.29, 0.717) is 0 Å². The van der Waals surface area contributed by atoms with E-state index in [1.165, 1.54) is 30.2 Å². The maximum atomic E-state index is 12.7. The van der Waals surface area contributed by atoms with Gasteiger partial charge in [0.25, 0.3) is 5.91 Å². The number of rotatable bonds is 5. The summed E-state index contributed by atoms with van der Waals surface area (Å²) >= 11 is 0. The molecule has 0 aromatic heterocycles. The molecule has 0 unspecified atom stereocenters. The van der Waals surface area contributed by atoms with Gasteiger partial charge >= 0.3 is 5.97 Å². The number of carbonyl (C=O) groups excluding carboxylic acids is 2. The van der Waals surface area contributed by atoms with E-state index in [2.05, 4.69) is 0 Å². The molecule has 1 aromatic rings. The fourth-order valence-electron chi connectivity index (χ4n) is 2.30. The Labute approximate surface area is 130 Å². The molecule has 0 heterocycles. The molecule has 6 nitrogen and oxygen atoms in total. The fraction of sp³-hybridized carbons (Fsp3) is 0.467. The highest BCUT2D eigenvalue weighted by Crippen LogP contribution is 2.30. The first-order chi connectivity index (χ1) is 10.3. The largest absolute Gasteiger partial charge is 0.467 e. The second kappa shape index (κ2) is 6.08. The number of carbonyl (C=O) groups is 2. The van der Waals surface area contributed by atoms with E-state index in [4.69, 9.17) is 4.74 Å². The molecule has 0 spiro atoms. The van der Waals surface area contributed by atoms with Crippen LogP contribution in [-0.2, 0) is 19.4 Å². The van der Waals surface area contributed by atoms with E-state index in [0.717, 1.165) is 19.1 Å². The molecule has 0 aliphatic heterocycles. The molecule has 1 atom stereocenters. The molecular weight excluding hydrogens is 306 g/mol. The van der Waals surface area contributed by atoms with Crippen molar-refractivity contribution in [3.63, 3.8) is 0 Å². The standard InChI is InChI=1S/C15H19NO5S/c1-10(15(18)21-2)16(12-7-8-12)14(17)11-5-4-6-13(9-11)22(3,19)20/h4-6,9-10,12H,7-8H2,1-3H3/t10-/m0/s1. The van der Waals surface area contributed by atoms with Crippen LogP contribution in [0.4, 0.5) is 0 Å². The molecule has 22 heavy (non-hydrogen) atoms. The molecule has 120 valence electrons. The van der Waals surface area contributed by atoms with Crippen LogP contribution in [-0.4, -0.2) is 50.6 Å². The number of methoxy groups -OCH3 is 1. The van der Waals surface area contributed by atoms with Gasteiger partial charge < -0.3 is 9.64 Å². The van der Waals surface area contributed by atoms with Crippen LogP contribution in [0.2, 0.25) is 0 Å². The number of amides is 1. The Hall–Kier alpha value is -1.89. The quantitative estimate of drug-likeness (QED) is 0.761. The van der Waals surface area contributed by atoms with Gasteiger partial charge in [0, 0.05) is 17.9 Å². The summed E-state index contributed by atoms with van der Waals surface area (Å²) in [6.07, 6.45) is 2.75. The first-order valence-corrected chi connectivity index (χ1v) is 8.85. The van der Waals surface area contributed by atoms with E-state index < -0.39 is 21.8 Å². The molecule has 1 aromatic carbocycles. The van der Waals surface area contributed by atoms with Crippen molar-refractivity contribution in [3.05, 3.63) is 29.8 Å². The number of nitrogens with zero attached hydrogens (tertiary/aromatic N) is 1. The molecule has 2 rings (SSSR count). The first-order valence-electron chi connectivity index (χ1n) is 6.96. The Morgan fingerprint density at radius 2 is 1.95 bits per heavy atom. The summed E-state index contributed by atoms with van der Waals surface area (Å²) in [5.74, 6) is -0.842. The van der Waals surface area contributed by atoms with Gasteiger partial charge in [-0.25, -0.2) is 13.2 Å². The van der Waals surface area contributed by atoms with Crippen LogP contribution in [0.3, 0.4) is 0 Å². The SMILES string of the molecule is COC(=O)[C@H](C)N(C(=O)c1cccc(S(C)(=O)=O)c1)C1CC1. The smallest absolute Gasteiger partial charge is 0.328 e. The minimum absolute atomic E-state index is 0.00323. The van der Waals surface area contributed by atoms with Crippen molar-refractivity contribution in [2.45, 2.75) is 36.7 Å². The third-order valence-corrected chi connectivity index (χ3v) is 4.75. The predicted molar refractivity (Wildman–Crippen MR) is 80.2 cm³/mol. The van der Waals surface area contributed by atoms with E-state index in [1.54, 1.807) is 13.0 Å². The van der Waals surface area contributed by atoms with E-state index in [9.17, 15) is 18.0 Å². The van der Waals surface area contributed by atoms with Crippen molar-refractivity contribution in [3.8, 4) is 0 Å². The number of hydrogen-bond acceptors (Lipinski definition) is 5. The van der Waals surface area contributed by atoms with Crippen LogP contribution in [0.1, 0.15) is 30.1 Å². The minimum atomic E-state index is -3.39. The average Bonchev–Trinajstić information content (AvgIpc) is 3.30. The van der Waals surface area contributed by atoms with Crippen LogP contribution < -0.4 is 0 Å². The third kappa shape index (κ3) is 3.47. The first kappa shape index (κ1) is 16.5. The highest BCUT2D eigenvalue weighted by atomic mass is 32.2. The number of esters is 1. The zero-order chi connectivity index (χ0) is 16.5. The Morgan fingerprint density at radius 3 is 2.45 bits per heavy atom. The van der Waals surface area contributed by atoms with Gasteiger partial charge in [-0.15, -0.1) is 0 Å². The lowest BCUT2D eigenvalue weighted by Gasteiger charge is -2.27. The van der Waals surface area contributed by atoms with Crippen LogP contribution in [0.25, 0.3) is 0 Å². The summed E-state index contributed by atoms with van der Waals surface area (Å²) in [6, 6.07) is 5.16. The average molecular weight is 325 g/mol. The van der Waals surface area contributed by atoms with Crippen LogP contribution in [0, 0.1) is 0 Å². The summed E-state index contributed by atoms with van der Waals surface area (Å²) in [5, 5.41) is 0. The van der Waals surface area contributed by atoms with Crippen molar-refractivity contribution < 1.29 is 22.7 Å². The lowest BCUT2D eigenvalue weighted by Crippen LogP contribution is -2.45. The van der Waals surface area contributed by atoms with Gasteiger partial charge in [-0.05, 0) is 38.0 Å². The lowest BCUT2D eigenvalue weighted by atomic mass is 10.1. The Balaban J connectivity index is 2.34. The number of benzene rings is 1. The Bertz CT molecular complexity index is 694. The second-order valence-electron chi connectivity index (χ2n) is 5.44. The van der Waals surface area contributed by atoms with Gasteiger partial charge in [-0.3, -0.25) is 4.79 Å². The molecule has 7 heteroatoms. The molecule has 1 fully saturated rings. The molecule has 1 aliphatic carbocycles. The van der Waals surface area contributed by atoms with Crippen molar-refractivity contribution in [1.29, 1.82) is 0 Å². The molecule has 0 bridgehead atoms. The predicted octanol–water partition coefficient (Wildman–Crippen LogP) is 1.26. The van der Waals surface area contributed by atoms with Gasteiger partial charge in [-0.1, -0.05) is 6.07 Å². The van der Waals surface area contributed by atoms with Crippen LogP contribution in [0.5, 0.6) is 0 Å². The van der Waals surface area contributed by atoms with Crippen LogP contribution in [0.15, 0.2) is 29.2 Å². The van der Waals surface area contributed by atoms with Gasteiger partial charge in [0.1, 0.15) is 6.04 Å². The summed E-state index contributed by atoms with van der Waals surface area (Å²) in [6.45, 7) is 1.61. The van der Waals surface area contributed by atoms with Crippen LogP contribution >= 0.6 is 0 Å². The number of ether oxygens (including phenoxy) is 1. The van der Waals surface area contributed by atoms with Crippen molar-refractivity contribution in [1.82, 2.24) is 4.90 Å². The Morgan fingerprint density at radius 1 is 1.32 bits per heavy atom. The number of hydrogen-bond donors (Lipinski definition) is 0. The second-order valence-corrected chi connectivity index (χ2v) is 7.46. The van der Waals surface area contributed by atoms with E-state index in [-0.39, 0.29) is 22.4 Å². The Kier molecular flexibility index (Phi) is 4.55. The van der Waals surface area contributed by atoms with Gasteiger partial charge in [-0.2, -0.15) is 0 Å². The highest BCUT2D eigenvalue weighted by Gasteiger charge is 2.39. The summed E-state index contributed by atoms with van der Waals surface area (Å²) in [5.41, 5.74) is 0.255. The van der Waals surface area contributed by atoms with Gasteiger partial charge in [0.15, 0.2) is 9.84 Å². The fourth-order valence-corrected chi connectivity index (χ4v) is 2.97. The normalized spacial score (nSPS) is 16.0. The van der Waals surface area contributed by atoms with Gasteiger partial charge in [0.2, 0.25) is 0 Å². The molecule has 1 amide bonds. The monoisotopic (exact) mass is 325 g/mol. The zero-order valence-electron chi connectivity index (χ0n) is 12.8. The molecule has 0 radical (unpaired) electrons. The summed E-state index contributed by atoms with van der Waals surface area (Å²) in [7, 11) is -2.12. The van der Waals surface area contributed by atoms with Crippen molar-refractivity contribution >= 4 is 21.7 Å². The summed E-state index contributed by atoms with van der Waals surface area (Å²) in [4.78, 5) is 26.0. The zero-order valence-corrected chi connectivity index (χ0v) is 13.6. The molecule has 1 saturated carbocycles. The minimum Gasteiger partial charge on any atom is -0.467 e. The van der Waals surface area contributed by atoms with Crippen molar-refractivity contribution in [2.24, 2.45) is 0 Å². The third-order valence-electron chi connectivity index (χ3n) is 3.64. The molecule has 0 N–H and O–H groups in total. The van der Waals surface area contributed by atoms with E-state index >= 15 is 0 Å². The molecule has 1 aliphatic rings. The molecular formula is C15H19NO5S. The summed E-state index contributed by atoms with van der Waals surface area (Å²) < 4.78 is 27.9. The lowest BCUT2D eigenvalue weighted by molar-refractivity contribution is -0.145. The highest BCUT2D eigenvalue weighted by molar-refractivity contribution is 7.90. The molecule has 0 saturated heterocycles. The van der Waals surface area contributed by atoms with Crippen molar-refractivity contribution in [2.75, 3.05) is 13.4 Å². The van der Waals surface area contributed by atoms with Gasteiger partial charge in [0.05, 0.1) is 12.0 Å². The van der Waals surface area contributed by atoms with E-state index in [1.807, 2.05) is 0 Å². The maximum Gasteiger partial charge on any atom is 0.328 e. The topological polar surface area (TPSA) is 80.8 Å².